The molecule has 0 bridgehead atoms. The van der Waals surface area contributed by atoms with Gasteiger partial charge in [0, 0.05) is 42.2 Å². The normalized spacial score (nSPS) is 16.3. The minimum absolute atomic E-state index is 0.0768. The Bertz CT molecular complexity index is 1010. The van der Waals surface area contributed by atoms with Gasteiger partial charge < -0.3 is 14.7 Å². The number of aryl methyl sites for hydroxylation is 1. The zero-order valence-electron chi connectivity index (χ0n) is 15.8. The molecular formula is C20H25N5O2. The van der Waals surface area contributed by atoms with Gasteiger partial charge in [-0.1, -0.05) is 11.6 Å². The van der Waals surface area contributed by atoms with E-state index in [4.69, 9.17) is 0 Å². The molecule has 1 saturated heterocycles. The molecule has 3 aromatic rings. The third kappa shape index (κ3) is 3.52. The van der Waals surface area contributed by atoms with E-state index >= 15 is 0 Å². The molecule has 7 heteroatoms. The molecule has 1 aliphatic rings. The van der Waals surface area contributed by atoms with Crippen molar-refractivity contribution in [3.63, 3.8) is 0 Å². The van der Waals surface area contributed by atoms with E-state index in [1.54, 1.807) is 6.07 Å². The quantitative estimate of drug-likeness (QED) is 0.735. The van der Waals surface area contributed by atoms with Crippen LogP contribution in [-0.2, 0) is 20.2 Å². The summed E-state index contributed by atoms with van der Waals surface area (Å²) < 4.78 is 1.91. The molecule has 2 N–H and O–H groups in total. The Morgan fingerprint density at radius 2 is 2.00 bits per heavy atom. The Hall–Kier alpha value is -2.51. The van der Waals surface area contributed by atoms with Gasteiger partial charge in [0.1, 0.15) is 12.4 Å². The number of aromatic nitrogens is 4. The van der Waals surface area contributed by atoms with Crippen LogP contribution in [0, 0.1) is 6.92 Å². The minimum atomic E-state index is -0.0861. The van der Waals surface area contributed by atoms with Crippen molar-refractivity contribution in [2.45, 2.75) is 38.8 Å². The van der Waals surface area contributed by atoms with E-state index in [0.29, 0.717) is 11.7 Å². The van der Waals surface area contributed by atoms with Crippen LogP contribution in [0.25, 0.3) is 10.9 Å². The van der Waals surface area contributed by atoms with Gasteiger partial charge in [0.25, 0.3) is 0 Å². The number of aliphatic hydroxyl groups excluding tert-OH is 1. The van der Waals surface area contributed by atoms with Gasteiger partial charge in [-0.15, -0.1) is 10.2 Å². The fourth-order valence-electron chi connectivity index (χ4n) is 3.96. The highest BCUT2D eigenvalue weighted by Crippen LogP contribution is 2.27. The lowest BCUT2D eigenvalue weighted by Gasteiger charge is -2.31. The monoisotopic (exact) mass is 367 g/mol. The van der Waals surface area contributed by atoms with Crippen LogP contribution in [-0.4, -0.2) is 42.8 Å². The fourth-order valence-corrected chi connectivity index (χ4v) is 3.96. The van der Waals surface area contributed by atoms with E-state index in [1.807, 2.05) is 36.7 Å². The molecule has 142 valence electrons. The first-order chi connectivity index (χ1) is 13.0. The SMILES string of the molecule is Cc1ccc2[nH]c(CN3CCC(c4nnc(CO)n4C)CC3)cc(=O)c2c1. The Morgan fingerprint density at radius 1 is 1.22 bits per heavy atom. The molecule has 1 aliphatic heterocycles. The van der Waals surface area contributed by atoms with Crippen molar-refractivity contribution >= 4 is 10.9 Å². The van der Waals surface area contributed by atoms with Gasteiger partial charge in [-0.25, -0.2) is 0 Å². The van der Waals surface area contributed by atoms with Crippen LogP contribution in [0.1, 0.15) is 41.7 Å². The first-order valence-corrected chi connectivity index (χ1v) is 9.39. The van der Waals surface area contributed by atoms with Crippen molar-refractivity contribution in [1.82, 2.24) is 24.6 Å². The maximum absolute atomic E-state index is 12.4. The smallest absolute Gasteiger partial charge is 0.189 e. The molecule has 27 heavy (non-hydrogen) atoms. The minimum Gasteiger partial charge on any atom is -0.388 e. The average Bonchev–Trinajstić information content (AvgIpc) is 3.04. The van der Waals surface area contributed by atoms with E-state index in [9.17, 15) is 9.90 Å². The van der Waals surface area contributed by atoms with Gasteiger partial charge in [-0.05, 0) is 45.0 Å². The second kappa shape index (κ2) is 7.25. The lowest BCUT2D eigenvalue weighted by molar-refractivity contribution is 0.198. The van der Waals surface area contributed by atoms with Gasteiger partial charge in [0.05, 0.1) is 0 Å². The molecule has 1 fully saturated rings. The Kier molecular flexibility index (Phi) is 4.80. The molecule has 0 spiro atoms. The molecule has 2 aromatic heterocycles. The van der Waals surface area contributed by atoms with E-state index in [-0.39, 0.29) is 12.0 Å². The van der Waals surface area contributed by atoms with Crippen molar-refractivity contribution in [2.75, 3.05) is 13.1 Å². The molecule has 7 nitrogen and oxygen atoms in total. The third-order valence-electron chi connectivity index (χ3n) is 5.53. The van der Waals surface area contributed by atoms with Crippen LogP contribution >= 0.6 is 0 Å². The maximum atomic E-state index is 12.4. The average molecular weight is 367 g/mol. The summed E-state index contributed by atoms with van der Waals surface area (Å²) in [5, 5.41) is 18.3. The molecule has 0 saturated carbocycles. The number of nitrogens with zero attached hydrogens (tertiary/aromatic N) is 4. The van der Waals surface area contributed by atoms with Crippen molar-refractivity contribution in [3.8, 4) is 0 Å². The van der Waals surface area contributed by atoms with Gasteiger partial charge in [0.2, 0.25) is 0 Å². The number of benzene rings is 1. The summed E-state index contributed by atoms with van der Waals surface area (Å²) in [5.74, 6) is 1.92. The Labute approximate surface area is 157 Å². The summed E-state index contributed by atoms with van der Waals surface area (Å²) in [5.41, 5.74) is 3.02. The third-order valence-corrected chi connectivity index (χ3v) is 5.53. The highest BCUT2D eigenvalue weighted by Gasteiger charge is 2.25. The van der Waals surface area contributed by atoms with Crippen LogP contribution in [0.5, 0.6) is 0 Å². The van der Waals surface area contributed by atoms with E-state index in [0.717, 1.165) is 60.5 Å². The predicted octanol–water partition coefficient (Wildman–Crippen LogP) is 1.84. The highest BCUT2D eigenvalue weighted by atomic mass is 16.3. The first-order valence-electron chi connectivity index (χ1n) is 9.39. The number of hydrogen-bond acceptors (Lipinski definition) is 5. The molecule has 0 radical (unpaired) electrons. The summed E-state index contributed by atoms with van der Waals surface area (Å²) in [7, 11) is 1.91. The van der Waals surface area contributed by atoms with Gasteiger partial charge >= 0.3 is 0 Å². The number of nitrogens with one attached hydrogen (secondary N) is 1. The lowest BCUT2D eigenvalue weighted by Crippen LogP contribution is -2.33. The molecular weight excluding hydrogens is 342 g/mol. The van der Waals surface area contributed by atoms with Crippen molar-refractivity contribution in [3.05, 3.63) is 57.4 Å². The van der Waals surface area contributed by atoms with Gasteiger partial charge in [0.15, 0.2) is 11.3 Å². The van der Waals surface area contributed by atoms with Crippen molar-refractivity contribution < 1.29 is 5.11 Å². The van der Waals surface area contributed by atoms with Gasteiger partial charge in [-0.3, -0.25) is 9.69 Å². The number of aromatic amines is 1. The number of aliphatic hydroxyl groups is 1. The molecule has 1 aromatic carbocycles. The molecule has 0 aliphatic carbocycles. The number of pyridine rings is 1. The van der Waals surface area contributed by atoms with Gasteiger partial charge in [-0.2, -0.15) is 0 Å². The molecule has 0 unspecified atom stereocenters. The molecule has 4 rings (SSSR count). The second-order valence-corrected chi connectivity index (χ2v) is 7.45. The summed E-state index contributed by atoms with van der Waals surface area (Å²) >= 11 is 0. The zero-order valence-corrected chi connectivity index (χ0v) is 15.8. The number of fused-ring (bicyclic) bond motifs is 1. The first kappa shape index (κ1) is 17.9. The predicted molar refractivity (Wildman–Crippen MR) is 103 cm³/mol. The van der Waals surface area contributed by atoms with Crippen LogP contribution in [0.2, 0.25) is 0 Å². The topological polar surface area (TPSA) is 87.0 Å². The van der Waals surface area contributed by atoms with Crippen molar-refractivity contribution in [1.29, 1.82) is 0 Å². The van der Waals surface area contributed by atoms with E-state index in [2.05, 4.69) is 20.1 Å². The Balaban J connectivity index is 1.45. The van der Waals surface area contributed by atoms with Crippen LogP contribution in [0.4, 0.5) is 0 Å². The number of hydrogen-bond donors (Lipinski definition) is 2. The van der Waals surface area contributed by atoms with Crippen LogP contribution in [0.15, 0.2) is 29.1 Å². The number of likely N-dealkylation sites (tertiary alicyclic amines) is 1. The number of H-pyrrole nitrogens is 1. The van der Waals surface area contributed by atoms with Crippen LogP contribution < -0.4 is 5.43 Å². The number of rotatable bonds is 4. The molecule has 0 atom stereocenters. The maximum Gasteiger partial charge on any atom is 0.189 e. The standard InChI is InChI=1S/C20H25N5O2/c1-13-3-4-17-16(9-13)18(27)10-15(21-17)11-25-7-5-14(6-8-25)20-23-22-19(12-26)24(20)2/h3-4,9-10,14,26H,5-8,11-12H2,1-2H3,(H,21,27). The van der Waals surface area contributed by atoms with Crippen molar-refractivity contribution in [2.24, 2.45) is 7.05 Å². The second-order valence-electron chi connectivity index (χ2n) is 7.45. The lowest BCUT2D eigenvalue weighted by atomic mass is 9.96. The largest absolute Gasteiger partial charge is 0.388 e. The highest BCUT2D eigenvalue weighted by molar-refractivity contribution is 5.79. The summed E-state index contributed by atoms with van der Waals surface area (Å²) in [6.45, 7) is 4.54. The summed E-state index contributed by atoms with van der Waals surface area (Å²) in [4.78, 5) is 18.2. The fraction of sp³-hybridized carbons (Fsp3) is 0.450. The van der Waals surface area contributed by atoms with Crippen LogP contribution in [0.3, 0.4) is 0 Å². The Morgan fingerprint density at radius 3 is 2.70 bits per heavy atom. The summed E-state index contributed by atoms with van der Waals surface area (Å²) in [6, 6.07) is 7.67. The zero-order chi connectivity index (χ0) is 19.0. The summed E-state index contributed by atoms with van der Waals surface area (Å²) in [6.07, 6.45) is 1.99. The molecule has 3 heterocycles. The van der Waals surface area contributed by atoms with E-state index in [1.165, 1.54) is 0 Å². The van der Waals surface area contributed by atoms with E-state index < -0.39 is 0 Å². The number of piperidine rings is 1. The molecule has 0 amide bonds.